The molecule has 18 heavy (non-hydrogen) atoms. The van der Waals surface area contributed by atoms with E-state index >= 15 is 0 Å². The molecule has 0 unspecified atom stereocenters. The van der Waals surface area contributed by atoms with E-state index in [4.69, 9.17) is 0 Å². The second kappa shape index (κ2) is 4.57. The molecule has 0 saturated carbocycles. The molecule has 0 radical (unpaired) electrons. The Morgan fingerprint density at radius 3 is 2.56 bits per heavy atom. The molecule has 0 spiro atoms. The van der Waals surface area contributed by atoms with Gasteiger partial charge < -0.3 is 10.6 Å². The zero-order chi connectivity index (χ0) is 12.5. The number of nitro benzene ring substituents is 1. The van der Waals surface area contributed by atoms with Gasteiger partial charge in [0.15, 0.2) is 0 Å². The molecule has 3 rings (SSSR count). The lowest BCUT2D eigenvalue weighted by Gasteiger charge is -2.30. The fraction of sp³-hybridized carbons (Fsp3) is 0.538. The standard InChI is InChI=1S/C13H17N3O2/c17-16(18)13-4-2-1-3-12(13)15-11-7-9-5-6-10(8-11)14-9/h1-4,9-11,14-15H,5-8H2/t9-,10+,11+. The number of nitro groups is 1. The first-order valence-electron chi connectivity index (χ1n) is 6.48. The molecule has 3 atom stereocenters. The molecule has 2 bridgehead atoms. The van der Waals surface area contributed by atoms with Crippen molar-refractivity contribution in [1.29, 1.82) is 0 Å². The number of nitrogens with one attached hydrogen (secondary N) is 2. The van der Waals surface area contributed by atoms with Crippen LogP contribution in [0.1, 0.15) is 25.7 Å². The van der Waals surface area contributed by atoms with E-state index in [1.165, 1.54) is 12.8 Å². The summed E-state index contributed by atoms with van der Waals surface area (Å²) in [6.45, 7) is 0. The molecule has 1 aromatic rings. The third-order valence-electron chi connectivity index (χ3n) is 3.93. The van der Waals surface area contributed by atoms with Crippen LogP contribution in [-0.2, 0) is 0 Å². The lowest BCUT2D eigenvalue weighted by molar-refractivity contribution is -0.384. The van der Waals surface area contributed by atoms with Gasteiger partial charge in [0.1, 0.15) is 5.69 Å². The van der Waals surface area contributed by atoms with Crippen LogP contribution in [0.5, 0.6) is 0 Å². The summed E-state index contributed by atoms with van der Waals surface area (Å²) in [5.74, 6) is 0. The number of piperidine rings is 1. The van der Waals surface area contributed by atoms with Crippen LogP contribution in [0.2, 0.25) is 0 Å². The molecule has 2 saturated heterocycles. The van der Waals surface area contributed by atoms with E-state index in [-0.39, 0.29) is 10.6 Å². The van der Waals surface area contributed by atoms with Gasteiger partial charge in [0.25, 0.3) is 5.69 Å². The van der Waals surface area contributed by atoms with Crippen LogP contribution >= 0.6 is 0 Å². The van der Waals surface area contributed by atoms with Gasteiger partial charge in [-0.05, 0) is 31.7 Å². The molecular formula is C13H17N3O2. The van der Waals surface area contributed by atoms with E-state index < -0.39 is 0 Å². The minimum Gasteiger partial charge on any atom is -0.377 e. The highest BCUT2D eigenvalue weighted by Gasteiger charge is 2.33. The minimum absolute atomic E-state index is 0.170. The zero-order valence-corrected chi connectivity index (χ0v) is 10.1. The van der Waals surface area contributed by atoms with Crippen molar-refractivity contribution in [1.82, 2.24) is 5.32 Å². The topological polar surface area (TPSA) is 67.2 Å². The van der Waals surface area contributed by atoms with Gasteiger partial charge >= 0.3 is 0 Å². The van der Waals surface area contributed by atoms with Crippen LogP contribution in [0.15, 0.2) is 24.3 Å². The zero-order valence-electron chi connectivity index (χ0n) is 10.1. The summed E-state index contributed by atoms with van der Waals surface area (Å²) in [5, 5.41) is 17.9. The third-order valence-corrected chi connectivity index (χ3v) is 3.93. The quantitative estimate of drug-likeness (QED) is 0.635. The first-order chi connectivity index (χ1) is 8.72. The minimum atomic E-state index is -0.321. The molecule has 5 nitrogen and oxygen atoms in total. The van der Waals surface area contributed by atoms with E-state index in [1.54, 1.807) is 18.2 Å². The number of anilines is 1. The summed E-state index contributed by atoms with van der Waals surface area (Å²) < 4.78 is 0. The van der Waals surface area contributed by atoms with Gasteiger partial charge in [-0.15, -0.1) is 0 Å². The van der Waals surface area contributed by atoms with Crippen LogP contribution in [0.3, 0.4) is 0 Å². The Labute approximate surface area is 106 Å². The predicted octanol–water partition coefficient (Wildman–Crippen LogP) is 2.29. The number of hydrogen-bond donors (Lipinski definition) is 2. The van der Waals surface area contributed by atoms with E-state index in [1.807, 2.05) is 6.07 Å². The van der Waals surface area contributed by atoms with Gasteiger partial charge in [0.05, 0.1) is 4.92 Å². The van der Waals surface area contributed by atoms with Gasteiger partial charge in [0, 0.05) is 24.2 Å². The van der Waals surface area contributed by atoms with Crippen molar-refractivity contribution in [3.8, 4) is 0 Å². The van der Waals surface area contributed by atoms with Crippen molar-refractivity contribution in [2.24, 2.45) is 0 Å². The molecule has 0 aromatic heterocycles. The molecule has 5 heteroatoms. The van der Waals surface area contributed by atoms with Crippen molar-refractivity contribution < 1.29 is 4.92 Å². The molecule has 0 amide bonds. The van der Waals surface area contributed by atoms with E-state index in [9.17, 15) is 10.1 Å². The molecule has 1 aromatic carbocycles. The number of nitrogens with zero attached hydrogens (tertiary/aromatic N) is 1. The average molecular weight is 247 g/mol. The van der Waals surface area contributed by atoms with E-state index in [0.717, 1.165) is 12.8 Å². The van der Waals surface area contributed by atoms with Gasteiger partial charge in [-0.2, -0.15) is 0 Å². The molecule has 2 aliphatic rings. The number of rotatable bonds is 3. The van der Waals surface area contributed by atoms with Crippen molar-refractivity contribution in [3.05, 3.63) is 34.4 Å². The predicted molar refractivity (Wildman–Crippen MR) is 69.7 cm³/mol. The molecule has 2 N–H and O–H groups in total. The van der Waals surface area contributed by atoms with Crippen molar-refractivity contribution in [2.75, 3.05) is 5.32 Å². The van der Waals surface area contributed by atoms with Crippen LogP contribution < -0.4 is 10.6 Å². The Hall–Kier alpha value is -1.62. The van der Waals surface area contributed by atoms with Crippen LogP contribution in [0.4, 0.5) is 11.4 Å². The van der Waals surface area contributed by atoms with Crippen LogP contribution in [0, 0.1) is 10.1 Å². The van der Waals surface area contributed by atoms with Crippen LogP contribution in [0.25, 0.3) is 0 Å². The maximum Gasteiger partial charge on any atom is 0.292 e. The summed E-state index contributed by atoms with van der Waals surface area (Å²) in [7, 11) is 0. The van der Waals surface area contributed by atoms with Crippen LogP contribution in [-0.4, -0.2) is 23.0 Å². The Bertz CT molecular complexity index is 451. The molecule has 2 heterocycles. The summed E-state index contributed by atoms with van der Waals surface area (Å²) in [6, 6.07) is 8.42. The second-order valence-corrected chi connectivity index (χ2v) is 5.22. The second-order valence-electron chi connectivity index (χ2n) is 5.22. The Kier molecular flexibility index (Phi) is 2.91. The maximum absolute atomic E-state index is 11.0. The Morgan fingerprint density at radius 1 is 1.22 bits per heavy atom. The summed E-state index contributed by atoms with van der Waals surface area (Å²) in [5.41, 5.74) is 0.817. The highest BCUT2D eigenvalue weighted by atomic mass is 16.6. The third kappa shape index (κ3) is 2.18. The number of para-hydroxylation sites is 2. The largest absolute Gasteiger partial charge is 0.377 e. The molecule has 96 valence electrons. The van der Waals surface area contributed by atoms with Crippen molar-refractivity contribution >= 4 is 11.4 Å². The molecule has 2 fully saturated rings. The number of benzene rings is 1. The fourth-order valence-electron chi connectivity index (χ4n) is 3.15. The molecule has 0 aliphatic carbocycles. The van der Waals surface area contributed by atoms with Crippen molar-refractivity contribution in [3.63, 3.8) is 0 Å². The highest BCUT2D eigenvalue weighted by Crippen LogP contribution is 2.31. The smallest absolute Gasteiger partial charge is 0.292 e. The monoisotopic (exact) mass is 247 g/mol. The maximum atomic E-state index is 11.0. The fourth-order valence-corrected chi connectivity index (χ4v) is 3.15. The lowest BCUT2D eigenvalue weighted by Crippen LogP contribution is -2.43. The van der Waals surface area contributed by atoms with E-state index in [2.05, 4.69) is 10.6 Å². The van der Waals surface area contributed by atoms with E-state index in [0.29, 0.717) is 23.8 Å². The Morgan fingerprint density at radius 2 is 1.89 bits per heavy atom. The molecular weight excluding hydrogens is 230 g/mol. The first kappa shape index (κ1) is 11.5. The molecule has 2 aliphatic heterocycles. The normalized spacial score (nSPS) is 30.1. The highest BCUT2D eigenvalue weighted by molar-refractivity contribution is 5.61. The Balaban J connectivity index is 1.75. The average Bonchev–Trinajstić information content (AvgIpc) is 2.69. The van der Waals surface area contributed by atoms with Gasteiger partial charge in [-0.25, -0.2) is 0 Å². The van der Waals surface area contributed by atoms with Gasteiger partial charge in [0.2, 0.25) is 0 Å². The summed E-state index contributed by atoms with van der Waals surface area (Å²) in [4.78, 5) is 10.6. The number of hydrogen-bond acceptors (Lipinski definition) is 4. The van der Waals surface area contributed by atoms with Crippen molar-refractivity contribution in [2.45, 2.75) is 43.8 Å². The number of fused-ring (bicyclic) bond motifs is 2. The lowest BCUT2D eigenvalue weighted by atomic mass is 9.99. The summed E-state index contributed by atoms with van der Waals surface area (Å²) >= 11 is 0. The van der Waals surface area contributed by atoms with Gasteiger partial charge in [-0.3, -0.25) is 10.1 Å². The first-order valence-corrected chi connectivity index (χ1v) is 6.48. The summed E-state index contributed by atoms with van der Waals surface area (Å²) in [6.07, 6.45) is 4.59. The SMILES string of the molecule is O=[N+]([O-])c1ccccc1N[C@H]1C[C@H]2CC[C@@H](C1)N2. The van der Waals surface area contributed by atoms with Gasteiger partial charge in [-0.1, -0.05) is 12.1 Å².